The van der Waals surface area contributed by atoms with Crippen LogP contribution in [0.4, 0.5) is 0 Å². The first kappa shape index (κ1) is 38.2. The zero-order valence-corrected chi connectivity index (χ0v) is 31.6. The van der Waals surface area contributed by atoms with E-state index in [2.05, 4.69) is 25.5 Å². The number of thiazole rings is 2. The minimum Gasteiger partial charge on any atom is -0.478 e. The largest absolute Gasteiger partial charge is 0.478 e. The lowest BCUT2D eigenvalue weighted by Crippen LogP contribution is -2.23. The van der Waals surface area contributed by atoms with Gasteiger partial charge in [0.1, 0.15) is 13.4 Å². The standard InChI is InChI=1S/C17H19N5O3S2.C16H15N3O4S2/c1-3-19-17(23)12-4-11(13-8-21-22(2)10-13)5-14(6-12)27(24,25)16-9-20-15(7-18)26-16;1-3-14-17-8-15(24-14)25(22,23)13-5-10(4-11(6-13)16(20)21)12-7-18-19(2)9-12/h4-6,8-10H,3,7,18H2,1-2H3,(H,19,23);4-9H,3H2,1-2H3,(H,20,21). The molecule has 0 fully saturated rings. The molecule has 52 heavy (non-hydrogen) atoms. The van der Waals surface area contributed by atoms with Crippen LogP contribution >= 0.6 is 22.7 Å². The van der Waals surface area contributed by atoms with Crippen molar-refractivity contribution in [1.29, 1.82) is 0 Å². The van der Waals surface area contributed by atoms with Crippen LogP contribution in [0.15, 0.2) is 91.8 Å². The molecular weight excluding hydrogens is 749 g/mol. The number of carboxylic acid groups (broad SMARTS) is 1. The Morgan fingerprint density at radius 2 is 1.21 bits per heavy atom. The number of hydrogen-bond acceptors (Lipinski definition) is 13. The molecule has 0 aliphatic heterocycles. The van der Waals surface area contributed by atoms with Gasteiger partial charge in [-0.3, -0.25) is 14.2 Å². The highest BCUT2D eigenvalue weighted by Gasteiger charge is 2.25. The normalized spacial score (nSPS) is 11.6. The number of aromatic nitrogens is 6. The van der Waals surface area contributed by atoms with E-state index in [-0.39, 0.29) is 41.8 Å². The highest BCUT2D eigenvalue weighted by atomic mass is 32.2. The molecule has 2 aromatic carbocycles. The number of carbonyl (C=O) groups excluding carboxylic acids is 1. The Morgan fingerprint density at radius 1 is 0.731 bits per heavy atom. The summed E-state index contributed by atoms with van der Waals surface area (Å²) in [6, 6.07) is 8.63. The summed E-state index contributed by atoms with van der Waals surface area (Å²) < 4.78 is 55.3. The summed E-state index contributed by atoms with van der Waals surface area (Å²) in [5, 5.41) is 21.4. The second kappa shape index (κ2) is 15.7. The molecule has 0 atom stereocenters. The molecule has 6 aromatic rings. The molecule has 0 spiro atoms. The number of carboxylic acids is 1. The first-order chi connectivity index (χ1) is 24.7. The first-order valence-corrected chi connectivity index (χ1v) is 20.2. The average molecular weight is 783 g/mol. The maximum absolute atomic E-state index is 13.1. The zero-order valence-electron chi connectivity index (χ0n) is 28.3. The van der Waals surface area contributed by atoms with Crippen molar-refractivity contribution in [2.75, 3.05) is 6.54 Å². The molecule has 4 N–H and O–H groups in total. The lowest BCUT2D eigenvalue weighted by Gasteiger charge is -2.09. The van der Waals surface area contributed by atoms with E-state index in [0.29, 0.717) is 45.2 Å². The Kier molecular flexibility index (Phi) is 11.5. The summed E-state index contributed by atoms with van der Waals surface area (Å²) in [6.45, 7) is 4.29. The van der Waals surface area contributed by atoms with Gasteiger partial charge < -0.3 is 16.2 Å². The van der Waals surface area contributed by atoms with Crippen LogP contribution in [0.25, 0.3) is 22.3 Å². The van der Waals surface area contributed by atoms with Gasteiger partial charge in [0.25, 0.3) is 5.91 Å². The fourth-order valence-corrected chi connectivity index (χ4v) is 9.95. The number of rotatable bonds is 11. The number of aryl methyl sites for hydroxylation is 3. The van der Waals surface area contributed by atoms with Crippen LogP contribution in [0.3, 0.4) is 0 Å². The van der Waals surface area contributed by atoms with Crippen LogP contribution in [0, 0.1) is 0 Å². The summed E-state index contributed by atoms with van der Waals surface area (Å²) >= 11 is 2.12. The SMILES string of the molecule is CCNC(=O)c1cc(-c2cnn(C)c2)cc(S(=O)(=O)c2cnc(CN)s2)c1.CCc1ncc(S(=O)(=O)c2cc(C(=O)O)cc(-c3cnn(C)c3)c2)s1. The number of carbonyl (C=O) groups is 2. The van der Waals surface area contributed by atoms with Crippen molar-refractivity contribution >= 4 is 54.2 Å². The molecule has 0 aliphatic carbocycles. The predicted octanol–water partition coefficient (Wildman–Crippen LogP) is 4.22. The topological polar surface area (TPSA) is 222 Å². The molecule has 6 rings (SSSR count). The van der Waals surface area contributed by atoms with Crippen molar-refractivity contribution in [3.05, 3.63) is 94.7 Å². The third-order valence-corrected chi connectivity index (χ3v) is 14.0. The molecule has 0 unspecified atom stereocenters. The third kappa shape index (κ3) is 8.34. The van der Waals surface area contributed by atoms with Gasteiger partial charge in [-0.25, -0.2) is 31.6 Å². The summed E-state index contributed by atoms with van der Waals surface area (Å²) in [4.78, 5) is 31.8. The molecule has 4 heterocycles. The molecular formula is C33H34N8O7S4. The lowest BCUT2D eigenvalue weighted by molar-refractivity contribution is 0.0696. The van der Waals surface area contributed by atoms with Gasteiger partial charge in [-0.2, -0.15) is 10.2 Å². The number of benzene rings is 2. The lowest BCUT2D eigenvalue weighted by atomic mass is 10.1. The number of nitrogens with one attached hydrogen (secondary N) is 1. The first-order valence-electron chi connectivity index (χ1n) is 15.6. The van der Waals surface area contributed by atoms with Crippen LogP contribution in [-0.2, 0) is 46.7 Å². The minimum absolute atomic E-state index is 0.0253. The van der Waals surface area contributed by atoms with Crippen molar-refractivity contribution in [1.82, 2.24) is 34.8 Å². The van der Waals surface area contributed by atoms with Crippen molar-refractivity contribution in [3.8, 4) is 22.3 Å². The van der Waals surface area contributed by atoms with Gasteiger partial charge in [-0.15, -0.1) is 22.7 Å². The third-order valence-electron chi connectivity index (χ3n) is 7.43. The number of hydrogen-bond donors (Lipinski definition) is 3. The molecule has 19 heteroatoms. The number of sulfone groups is 2. The molecule has 1 amide bonds. The van der Waals surface area contributed by atoms with E-state index < -0.39 is 25.6 Å². The van der Waals surface area contributed by atoms with Crippen molar-refractivity contribution in [3.63, 3.8) is 0 Å². The summed E-state index contributed by atoms with van der Waals surface area (Å²) in [5.41, 5.74) is 8.13. The maximum atomic E-state index is 13.1. The van der Waals surface area contributed by atoms with E-state index in [4.69, 9.17) is 5.73 Å². The smallest absolute Gasteiger partial charge is 0.335 e. The summed E-state index contributed by atoms with van der Waals surface area (Å²) in [5.74, 6) is -1.53. The van der Waals surface area contributed by atoms with Crippen LogP contribution < -0.4 is 11.1 Å². The van der Waals surface area contributed by atoms with Crippen LogP contribution in [0.5, 0.6) is 0 Å². The molecule has 0 saturated heterocycles. The zero-order chi connectivity index (χ0) is 37.8. The maximum Gasteiger partial charge on any atom is 0.335 e. The van der Waals surface area contributed by atoms with E-state index in [1.165, 1.54) is 42.7 Å². The molecule has 0 aliphatic rings. The Morgan fingerprint density at radius 3 is 1.62 bits per heavy atom. The van der Waals surface area contributed by atoms with Crippen molar-refractivity contribution in [2.45, 2.75) is 45.0 Å². The fraction of sp³-hybridized carbons (Fsp3) is 0.212. The second-order valence-corrected chi connectivity index (χ2v) is 17.8. The van der Waals surface area contributed by atoms with Gasteiger partial charge in [0, 0.05) is 56.3 Å². The summed E-state index contributed by atoms with van der Waals surface area (Å²) in [6.07, 6.45) is 9.87. The summed E-state index contributed by atoms with van der Waals surface area (Å²) in [7, 11) is -4.18. The van der Waals surface area contributed by atoms with Crippen molar-refractivity contribution < 1.29 is 31.5 Å². The number of amides is 1. The quantitative estimate of drug-likeness (QED) is 0.168. The van der Waals surface area contributed by atoms with Crippen molar-refractivity contribution in [2.24, 2.45) is 19.8 Å². The Bertz CT molecular complexity index is 2480. The number of nitrogens with two attached hydrogens (primary N) is 1. The predicted molar refractivity (Wildman–Crippen MR) is 195 cm³/mol. The number of nitrogens with zero attached hydrogens (tertiary/aromatic N) is 6. The molecule has 0 radical (unpaired) electrons. The molecule has 0 bridgehead atoms. The van der Waals surface area contributed by atoms with Gasteiger partial charge in [0.15, 0.2) is 0 Å². The molecule has 15 nitrogen and oxygen atoms in total. The van der Waals surface area contributed by atoms with E-state index in [1.54, 1.807) is 61.2 Å². The molecule has 272 valence electrons. The molecule has 0 saturated carbocycles. The fourth-order valence-electron chi connectivity index (χ4n) is 4.83. The van der Waals surface area contributed by atoms with Gasteiger partial charge in [0.2, 0.25) is 19.7 Å². The van der Waals surface area contributed by atoms with E-state index in [0.717, 1.165) is 22.7 Å². The van der Waals surface area contributed by atoms with Crippen LogP contribution in [-0.4, -0.2) is 69.9 Å². The van der Waals surface area contributed by atoms with Gasteiger partial charge >= 0.3 is 5.97 Å². The van der Waals surface area contributed by atoms with Gasteiger partial charge in [-0.05, 0) is 60.9 Å². The van der Waals surface area contributed by atoms with Gasteiger partial charge in [-0.1, -0.05) is 6.92 Å². The number of aromatic carboxylic acids is 1. The highest BCUT2D eigenvalue weighted by molar-refractivity contribution is 7.93. The Labute approximate surface area is 307 Å². The Hall–Kier alpha value is -5.08. The van der Waals surface area contributed by atoms with E-state index in [1.807, 2.05) is 6.92 Å². The second-order valence-electron chi connectivity index (χ2n) is 11.2. The Balaban J connectivity index is 0.000000202. The monoisotopic (exact) mass is 782 g/mol. The van der Waals surface area contributed by atoms with E-state index >= 15 is 0 Å². The van der Waals surface area contributed by atoms with Crippen LogP contribution in [0.1, 0.15) is 44.6 Å². The van der Waals surface area contributed by atoms with Gasteiger partial charge in [0.05, 0.1) is 45.1 Å². The average Bonchev–Trinajstić information content (AvgIpc) is 3.96. The van der Waals surface area contributed by atoms with E-state index in [9.17, 15) is 31.5 Å². The molecule has 4 aromatic heterocycles. The highest BCUT2D eigenvalue weighted by Crippen LogP contribution is 2.32. The van der Waals surface area contributed by atoms with Crippen LogP contribution in [0.2, 0.25) is 0 Å². The minimum atomic E-state index is -3.84.